The van der Waals surface area contributed by atoms with Gasteiger partial charge in [-0.25, -0.2) is 0 Å². The van der Waals surface area contributed by atoms with E-state index in [4.69, 9.17) is 5.73 Å². The summed E-state index contributed by atoms with van der Waals surface area (Å²) in [4.78, 5) is 14.3. The van der Waals surface area contributed by atoms with Crippen molar-refractivity contribution in [3.05, 3.63) is 28.2 Å². The molecule has 1 fully saturated rings. The Morgan fingerprint density at radius 2 is 2.35 bits per heavy atom. The molecule has 1 saturated heterocycles. The van der Waals surface area contributed by atoms with Crippen LogP contribution in [0.5, 0.6) is 0 Å². The summed E-state index contributed by atoms with van der Waals surface area (Å²) < 4.78 is 0.897. The molecule has 0 aromatic heterocycles. The van der Waals surface area contributed by atoms with Gasteiger partial charge in [0.2, 0.25) is 0 Å². The minimum Gasteiger partial charge on any atom is -0.398 e. The van der Waals surface area contributed by atoms with Crippen LogP contribution < -0.4 is 5.73 Å². The fraction of sp³-hybridized carbons (Fsp3) is 0.417. The molecule has 0 saturated carbocycles. The third-order valence-corrected chi connectivity index (χ3v) is 4.56. The zero-order valence-corrected chi connectivity index (χ0v) is 12.1. The molecule has 92 valence electrons. The molecule has 1 aromatic carbocycles. The van der Waals surface area contributed by atoms with Crippen molar-refractivity contribution in [1.82, 2.24) is 4.90 Å². The Balaban J connectivity index is 2.24. The molecule has 3 nitrogen and oxygen atoms in total. The Labute approximate surface area is 114 Å². The lowest BCUT2D eigenvalue weighted by Gasteiger charge is -2.33. The molecule has 0 bridgehead atoms. The molecule has 0 aliphatic carbocycles. The number of hydrogen-bond donors (Lipinski definition) is 1. The molecule has 1 amide bonds. The highest BCUT2D eigenvalue weighted by Crippen LogP contribution is 2.23. The predicted molar refractivity (Wildman–Crippen MR) is 76.4 cm³/mol. The molecule has 2 rings (SSSR count). The van der Waals surface area contributed by atoms with E-state index < -0.39 is 0 Å². The fourth-order valence-electron chi connectivity index (χ4n) is 1.91. The average Bonchev–Trinajstić information content (AvgIpc) is 2.29. The number of carbonyl (C=O) groups is 1. The maximum absolute atomic E-state index is 12.4. The second-order valence-electron chi connectivity index (χ2n) is 4.15. The number of nitrogens with zero attached hydrogens (tertiary/aromatic N) is 1. The van der Waals surface area contributed by atoms with Crippen LogP contribution in [0.4, 0.5) is 5.69 Å². The zero-order chi connectivity index (χ0) is 12.4. The third-order valence-electron chi connectivity index (χ3n) is 2.87. The van der Waals surface area contributed by atoms with E-state index in [9.17, 15) is 4.79 Å². The Morgan fingerprint density at radius 3 is 3.00 bits per heavy atom. The van der Waals surface area contributed by atoms with Crippen LogP contribution >= 0.6 is 27.7 Å². The molecule has 0 radical (unpaired) electrons. The lowest BCUT2D eigenvalue weighted by atomic mass is 10.1. The lowest BCUT2D eigenvalue weighted by Crippen LogP contribution is -2.44. The van der Waals surface area contributed by atoms with Gasteiger partial charge in [-0.2, -0.15) is 11.8 Å². The first-order valence-corrected chi connectivity index (χ1v) is 7.48. The topological polar surface area (TPSA) is 46.3 Å². The second-order valence-corrected chi connectivity index (χ2v) is 6.22. The number of thioether (sulfide) groups is 1. The second kappa shape index (κ2) is 5.31. The van der Waals surface area contributed by atoms with Gasteiger partial charge >= 0.3 is 0 Å². The number of anilines is 1. The van der Waals surface area contributed by atoms with E-state index in [0.29, 0.717) is 11.3 Å². The summed E-state index contributed by atoms with van der Waals surface area (Å²) in [7, 11) is 0. The van der Waals surface area contributed by atoms with Crippen molar-refractivity contribution in [2.24, 2.45) is 0 Å². The molecule has 1 unspecified atom stereocenters. The van der Waals surface area contributed by atoms with E-state index >= 15 is 0 Å². The molecule has 0 spiro atoms. The Bertz CT molecular complexity index is 439. The molecule has 1 atom stereocenters. The molecule has 1 heterocycles. The number of benzene rings is 1. The smallest absolute Gasteiger partial charge is 0.256 e. The highest BCUT2D eigenvalue weighted by molar-refractivity contribution is 9.10. The number of rotatable bonds is 1. The van der Waals surface area contributed by atoms with Crippen LogP contribution in [0.15, 0.2) is 22.7 Å². The molecular weight excluding hydrogens is 300 g/mol. The summed E-state index contributed by atoms with van der Waals surface area (Å²) in [5, 5.41) is 0. The normalized spacial score (nSPS) is 20.4. The van der Waals surface area contributed by atoms with Crippen molar-refractivity contribution >= 4 is 39.3 Å². The van der Waals surface area contributed by atoms with E-state index in [1.165, 1.54) is 0 Å². The van der Waals surface area contributed by atoms with E-state index in [0.717, 1.165) is 22.5 Å². The molecule has 1 aliphatic rings. The van der Waals surface area contributed by atoms with Gasteiger partial charge in [0, 0.05) is 34.3 Å². The van der Waals surface area contributed by atoms with Crippen LogP contribution in [0.3, 0.4) is 0 Å². The number of halogens is 1. The fourth-order valence-corrected chi connectivity index (χ4v) is 3.30. The van der Waals surface area contributed by atoms with Gasteiger partial charge in [0.05, 0.1) is 5.56 Å². The Kier molecular flexibility index (Phi) is 3.99. The summed E-state index contributed by atoms with van der Waals surface area (Å²) in [6.07, 6.45) is 0. The maximum atomic E-state index is 12.4. The monoisotopic (exact) mass is 314 g/mol. The van der Waals surface area contributed by atoms with Gasteiger partial charge in [-0.05, 0) is 25.1 Å². The van der Waals surface area contributed by atoms with Crippen molar-refractivity contribution in [3.63, 3.8) is 0 Å². The molecule has 1 aromatic rings. The largest absolute Gasteiger partial charge is 0.398 e. The van der Waals surface area contributed by atoms with E-state index in [-0.39, 0.29) is 11.9 Å². The SMILES string of the molecule is CC1CSCCN1C(=O)c1ccc(Br)cc1N. The van der Waals surface area contributed by atoms with E-state index in [1.807, 2.05) is 22.7 Å². The number of nitrogen functional groups attached to an aromatic ring is 1. The van der Waals surface area contributed by atoms with Crippen LogP contribution in [0.2, 0.25) is 0 Å². The van der Waals surface area contributed by atoms with Crippen molar-refractivity contribution in [1.29, 1.82) is 0 Å². The first-order chi connectivity index (χ1) is 8.09. The number of hydrogen-bond acceptors (Lipinski definition) is 3. The quantitative estimate of drug-likeness (QED) is 0.810. The predicted octanol–water partition coefficient (Wildman–Crippen LogP) is 2.61. The van der Waals surface area contributed by atoms with Gasteiger partial charge in [-0.3, -0.25) is 4.79 Å². The molecular formula is C12H15BrN2OS. The van der Waals surface area contributed by atoms with Gasteiger partial charge in [0.1, 0.15) is 0 Å². The van der Waals surface area contributed by atoms with Crippen LogP contribution in [-0.4, -0.2) is 34.9 Å². The van der Waals surface area contributed by atoms with Gasteiger partial charge in [0.25, 0.3) is 5.91 Å². The highest BCUT2D eigenvalue weighted by Gasteiger charge is 2.25. The number of amides is 1. The summed E-state index contributed by atoms with van der Waals surface area (Å²) in [5.74, 6) is 2.05. The van der Waals surface area contributed by atoms with Crippen molar-refractivity contribution in [2.75, 3.05) is 23.8 Å². The van der Waals surface area contributed by atoms with Crippen LogP contribution in [0, 0.1) is 0 Å². The van der Waals surface area contributed by atoms with Crippen LogP contribution in [0.25, 0.3) is 0 Å². The van der Waals surface area contributed by atoms with Crippen molar-refractivity contribution < 1.29 is 4.79 Å². The Hall–Kier alpha value is -0.680. The van der Waals surface area contributed by atoms with Gasteiger partial charge in [0.15, 0.2) is 0 Å². The van der Waals surface area contributed by atoms with Crippen molar-refractivity contribution in [3.8, 4) is 0 Å². The summed E-state index contributed by atoms with van der Waals surface area (Å²) in [6.45, 7) is 2.89. The van der Waals surface area contributed by atoms with Gasteiger partial charge < -0.3 is 10.6 Å². The summed E-state index contributed by atoms with van der Waals surface area (Å²) in [5.41, 5.74) is 7.03. The minimum absolute atomic E-state index is 0.0443. The molecule has 1 aliphatic heterocycles. The van der Waals surface area contributed by atoms with Crippen LogP contribution in [-0.2, 0) is 0 Å². The van der Waals surface area contributed by atoms with Crippen molar-refractivity contribution in [2.45, 2.75) is 13.0 Å². The number of nitrogens with two attached hydrogens (primary N) is 1. The third kappa shape index (κ3) is 2.77. The minimum atomic E-state index is 0.0443. The molecule has 2 N–H and O–H groups in total. The standard InChI is InChI=1S/C12H15BrN2OS/c1-8-7-17-5-4-15(8)12(16)10-3-2-9(13)6-11(10)14/h2-3,6,8H,4-5,7,14H2,1H3. The van der Waals surface area contributed by atoms with Gasteiger partial charge in [-0.15, -0.1) is 0 Å². The van der Waals surface area contributed by atoms with Crippen LogP contribution in [0.1, 0.15) is 17.3 Å². The lowest BCUT2D eigenvalue weighted by molar-refractivity contribution is 0.0717. The maximum Gasteiger partial charge on any atom is 0.256 e. The summed E-state index contributed by atoms with van der Waals surface area (Å²) >= 11 is 5.24. The number of carbonyl (C=O) groups excluding carboxylic acids is 1. The van der Waals surface area contributed by atoms with Gasteiger partial charge in [-0.1, -0.05) is 15.9 Å². The van der Waals surface area contributed by atoms with E-state index in [1.54, 1.807) is 12.1 Å². The zero-order valence-electron chi connectivity index (χ0n) is 9.65. The Morgan fingerprint density at radius 1 is 1.59 bits per heavy atom. The first kappa shape index (κ1) is 12.8. The van der Waals surface area contributed by atoms with E-state index in [2.05, 4.69) is 22.9 Å². The molecule has 5 heteroatoms. The average molecular weight is 315 g/mol. The molecule has 17 heavy (non-hydrogen) atoms. The first-order valence-electron chi connectivity index (χ1n) is 5.53. The highest BCUT2D eigenvalue weighted by atomic mass is 79.9. The summed E-state index contributed by atoms with van der Waals surface area (Å²) in [6, 6.07) is 5.70.